The number of hydrogen-bond acceptors (Lipinski definition) is 5. The Morgan fingerprint density at radius 3 is 2.78 bits per heavy atom. The maximum atomic E-state index is 12.9. The van der Waals surface area contributed by atoms with Crippen molar-refractivity contribution in [2.45, 2.75) is 32.1 Å². The Morgan fingerprint density at radius 1 is 1.13 bits per heavy atom. The smallest absolute Gasteiger partial charge is 0.249 e. The van der Waals surface area contributed by atoms with E-state index in [1.807, 2.05) is 0 Å². The Hall–Kier alpha value is -2.50. The van der Waals surface area contributed by atoms with E-state index >= 15 is 0 Å². The third kappa shape index (κ3) is 4.74. The van der Waals surface area contributed by atoms with Crippen molar-refractivity contribution in [2.24, 2.45) is 0 Å². The minimum absolute atomic E-state index is 0.276. The van der Waals surface area contributed by atoms with Crippen molar-refractivity contribution < 1.29 is 4.39 Å². The van der Waals surface area contributed by atoms with Gasteiger partial charge in [-0.05, 0) is 56.4 Å². The monoisotopic (exact) mass is 313 g/mol. The molecular weight excluding hydrogens is 293 g/mol. The molecule has 6 heteroatoms. The number of nitrogens with one attached hydrogen (secondary N) is 2. The lowest BCUT2D eigenvalue weighted by Crippen LogP contribution is -2.08. The van der Waals surface area contributed by atoms with Crippen molar-refractivity contribution in [1.82, 2.24) is 15.2 Å². The Kier molecular flexibility index (Phi) is 5.13. The van der Waals surface area contributed by atoms with E-state index in [2.05, 4.69) is 31.9 Å². The molecule has 0 saturated carbocycles. The van der Waals surface area contributed by atoms with Crippen molar-refractivity contribution in [3.8, 4) is 0 Å². The first-order chi connectivity index (χ1) is 11.3. The van der Waals surface area contributed by atoms with Gasteiger partial charge in [0.05, 0.1) is 6.20 Å². The van der Waals surface area contributed by atoms with Crippen molar-refractivity contribution in [3.63, 3.8) is 0 Å². The van der Waals surface area contributed by atoms with Gasteiger partial charge < -0.3 is 10.6 Å². The van der Waals surface area contributed by atoms with Gasteiger partial charge in [-0.25, -0.2) is 4.39 Å². The van der Waals surface area contributed by atoms with Crippen LogP contribution in [0, 0.1) is 5.82 Å². The fourth-order valence-electron chi connectivity index (χ4n) is 2.59. The van der Waals surface area contributed by atoms with Gasteiger partial charge in [0.25, 0.3) is 0 Å². The molecule has 23 heavy (non-hydrogen) atoms. The number of nitrogens with zero attached hydrogens (tertiary/aromatic N) is 3. The largest absolute Gasteiger partial charge is 0.368 e. The first-order valence-corrected chi connectivity index (χ1v) is 7.94. The number of hydrogen-bond donors (Lipinski definition) is 2. The van der Waals surface area contributed by atoms with E-state index in [1.54, 1.807) is 18.3 Å². The molecular formula is C17H20FN5. The zero-order valence-electron chi connectivity index (χ0n) is 12.9. The first kappa shape index (κ1) is 15.4. The molecule has 0 amide bonds. The number of aromatic nitrogens is 3. The second-order valence-electron chi connectivity index (χ2n) is 5.58. The van der Waals surface area contributed by atoms with Crippen molar-refractivity contribution in [3.05, 3.63) is 47.9 Å². The molecule has 0 bridgehead atoms. The van der Waals surface area contributed by atoms with Gasteiger partial charge in [0.1, 0.15) is 5.82 Å². The lowest BCUT2D eigenvalue weighted by Gasteiger charge is -2.13. The van der Waals surface area contributed by atoms with Crippen LogP contribution in [0.25, 0.3) is 0 Å². The third-order valence-electron chi connectivity index (χ3n) is 3.80. The maximum absolute atomic E-state index is 12.9. The maximum Gasteiger partial charge on any atom is 0.249 e. The van der Waals surface area contributed by atoms with E-state index in [9.17, 15) is 4.39 Å². The standard InChI is InChI=1S/C17H20FN5/c18-14-6-8-15(9-7-14)21-17-22-16(12-20-23-17)19-11-10-13-4-2-1-3-5-13/h4,6-9,12H,1-3,5,10-11H2,(H2,19,21,22,23). The topological polar surface area (TPSA) is 62.7 Å². The molecule has 2 N–H and O–H groups in total. The Bertz CT molecular complexity index is 669. The summed E-state index contributed by atoms with van der Waals surface area (Å²) in [7, 11) is 0. The van der Waals surface area contributed by atoms with E-state index in [0.717, 1.165) is 18.7 Å². The lowest BCUT2D eigenvalue weighted by molar-refractivity contribution is 0.628. The molecule has 2 aromatic rings. The molecule has 0 aliphatic heterocycles. The fraction of sp³-hybridized carbons (Fsp3) is 0.353. The summed E-state index contributed by atoms with van der Waals surface area (Å²) in [5, 5.41) is 14.2. The highest BCUT2D eigenvalue weighted by Gasteiger charge is 2.05. The van der Waals surface area contributed by atoms with Gasteiger partial charge in [0.2, 0.25) is 5.95 Å². The van der Waals surface area contributed by atoms with Crippen LogP contribution in [0.2, 0.25) is 0 Å². The van der Waals surface area contributed by atoms with Crippen LogP contribution in [0.1, 0.15) is 32.1 Å². The van der Waals surface area contributed by atoms with Crippen molar-refractivity contribution in [2.75, 3.05) is 17.2 Å². The molecule has 0 radical (unpaired) electrons. The van der Waals surface area contributed by atoms with Gasteiger partial charge in [-0.15, -0.1) is 5.10 Å². The van der Waals surface area contributed by atoms with Crippen LogP contribution in [0.4, 0.5) is 21.8 Å². The van der Waals surface area contributed by atoms with Crippen molar-refractivity contribution >= 4 is 17.5 Å². The van der Waals surface area contributed by atoms with E-state index < -0.39 is 0 Å². The second kappa shape index (κ2) is 7.67. The highest BCUT2D eigenvalue weighted by molar-refractivity contribution is 5.53. The van der Waals surface area contributed by atoms with Gasteiger partial charge in [0, 0.05) is 12.2 Å². The van der Waals surface area contributed by atoms with Gasteiger partial charge in [-0.2, -0.15) is 10.1 Å². The minimum Gasteiger partial charge on any atom is -0.368 e. The average molecular weight is 313 g/mol. The lowest BCUT2D eigenvalue weighted by atomic mass is 9.97. The Morgan fingerprint density at radius 2 is 2.00 bits per heavy atom. The van der Waals surface area contributed by atoms with Gasteiger partial charge in [-0.3, -0.25) is 0 Å². The highest BCUT2D eigenvalue weighted by Crippen LogP contribution is 2.20. The van der Waals surface area contributed by atoms with Crippen molar-refractivity contribution in [1.29, 1.82) is 0 Å². The van der Waals surface area contributed by atoms with E-state index in [4.69, 9.17) is 0 Å². The summed E-state index contributed by atoms with van der Waals surface area (Å²) in [5.74, 6) is 0.793. The molecule has 0 atom stereocenters. The molecule has 0 spiro atoms. The number of anilines is 3. The summed E-state index contributed by atoms with van der Waals surface area (Å²) >= 11 is 0. The number of rotatable bonds is 6. The van der Waals surface area contributed by atoms with E-state index in [0.29, 0.717) is 11.8 Å². The number of benzene rings is 1. The average Bonchev–Trinajstić information content (AvgIpc) is 2.58. The SMILES string of the molecule is Fc1ccc(Nc2nncc(NCCC3=CCCCC3)n2)cc1. The molecule has 1 aliphatic carbocycles. The minimum atomic E-state index is -0.276. The molecule has 1 aliphatic rings. The molecule has 1 aromatic carbocycles. The predicted molar refractivity (Wildman–Crippen MR) is 89.2 cm³/mol. The molecule has 0 fully saturated rings. The zero-order chi connectivity index (χ0) is 15.9. The highest BCUT2D eigenvalue weighted by atomic mass is 19.1. The molecule has 5 nitrogen and oxygen atoms in total. The van der Waals surface area contributed by atoms with Crippen LogP contribution in [0.5, 0.6) is 0 Å². The molecule has 3 rings (SSSR count). The normalized spacial score (nSPS) is 14.2. The molecule has 1 heterocycles. The summed E-state index contributed by atoms with van der Waals surface area (Å²) in [6.45, 7) is 0.834. The second-order valence-corrected chi connectivity index (χ2v) is 5.58. The summed E-state index contributed by atoms with van der Waals surface area (Å²) < 4.78 is 12.9. The number of allylic oxidation sites excluding steroid dienone is 1. The van der Waals surface area contributed by atoms with Crippen LogP contribution in [0.3, 0.4) is 0 Å². The van der Waals surface area contributed by atoms with Gasteiger partial charge in [-0.1, -0.05) is 11.6 Å². The van der Waals surface area contributed by atoms with Gasteiger partial charge >= 0.3 is 0 Å². The van der Waals surface area contributed by atoms with E-state index in [-0.39, 0.29) is 5.82 Å². The van der Waals surface area contributed by atoms with Gasteiger partial charge in [0.15, 0.2) is 5.82 Å². The Labute approximate surface area is 135 Å². The van der Waals surface area contributed by atoms with Crippen LogP contribution < -0.4 is 10.6 Å². The van der Waals surface area contributed by atoms with Crippen LogP contribution >= 0.6 is 0 Å². The Balaban J connectivity index is 1.54. The third-order valence-corrected chi connectivity index (χ3v) is 3.80. The molecule has 0 unspecified atom stereocenters. The van der Waals surface area contributed by atoms with Crippen LogP contribution in [-0.2, 0) is 0 Å². The molecule has 0 saturated heterocycles. The number of halogens is 1. The molecule has 120 valence electrons. The predicted octanol–water partition coefficient (Wildman–Crippen LogP) is 4.06. The quantitative estimate of drug-likeness (QED) is 0.788. The molecule has 1 aromatic heterocycles. The van der Waals surface area contributed by atoms with Crippen LogP contribution in [0.15, 0.2) is 42.1 Å². The summed E-state index contributed by atoms with van der Waals surface area (Å²) in [4.78, 5) is 4.36. The summed E-state index contributed by atoms with van der Waals surface area (Å²) in [6, 6.07) is 6.04. The summed E-state index contributed by atoms with van der Waals surface area (Å²) in [5.41, 5.74) is 2.24. The zero-order valence-corrected chi connectivity index (χ0v) is 12.9. The van der Waals surface area contributed by atoms with E-state index in [1.165, 1.54) is 43.4 Å². The summed E-state index contributed by atoms with van der Waals surface area (Å²) in [6.07, 6.45) is 10.0. The fourth-order valence-corrected chi connectivity index (χ4v) is 2.59. The van der Waals surface area contributed by atoms with Crippen LogP contribution in [-0.4, -0.2) is 21.7 Å². The first-order valence-electron chi connectivity index (χ1n) is 7.94.